The molecule has 0 aliphatic carbocycles. The molecule has 0 spiro atoms. The lowest BCUT2D eigenvalue weighted by Gasteiger charge is -2.12. The molecular weight excluding hydrogens is 270 g/mol. The lowest BCUT2D eigenvalue weighted by atomic mass is 10.1. The third-order valence-corrected chi connectivity index (χ3v) is 4.26. The van der Waals surface area contributed by atoms with Gasteiger partial charge in [-0.1, -0.05) is 32.5 Å². The van der Waals surface area contributed by atoms with Gasteiger partial charge in [0.15, 0.2) is 0 Å². The molecule has 0 aliphatic rings. The predicted molar refractivity (Wildman–Crippen MR) is 74.8 cm³/mol. The zero-order valence-corrected chi connectivity index (χ0v) is 12.0. The van der Waals surface area contributed by atoms with Gasteiger partial charge in [-0.25, -0.2) is 13.1 Å². The topological polar surface area (TPSA) is 85.1 Å². The van der Waals surface area contributed by atoms with Crippen LogP contribution in [0.1, 0.15) is 26.0 Å². The van der Waals surface area contributed by atoms with Crippen LogP contribution < -0.4 is 10.5 Å². The van der Waals surface area contributed by atoms with E-state index in [9.17, 15) is 8.42 Å². The Labute approximate surface area is 113 Å². The van der Waals surface area contributed by atoms with E-state index in [0.717, 1.165) is 6.42 Å². The molecule has 0 radical (unpaired) electrons. The fourth-order valence-electron chi connectivity index (χ4n) is 1.27. The van der Waals surface area contributed by atoms with Gasteiger partial charge in [0.1, 0.15) is 15.6 Å². The first-order valence-corrected chi connectivity index (χ1v) is 7.52. The SMILES string of the molecule is CCC(C)CNS(=O)(=O)c1cccnc1C(N)=S. The van der Waals surface area contributed by atoms with Crippen LogP contribution in [0.25, 0.3) is 0 Å². The van der Waals surface area contributed by atoms with Crippen LogP contribution >= 0.6 is 12.2 Å². The van der Waals surface area contributed by atoms with Crippen molar-refractivity contribution in [1.82, 2.24) is 9.71 Å². The molecule has 0 aliphatic heterocycles. The van der Waals surface area contributed by atoms with Crippen molar-refractivity contribution in [2.24, 2.45) is 11.7 Å². The number of nitrogens with two attached hydrogens (primary N) is 1. The van der Waals surface area contributed by atoms with Crippen molar-refractivity contribution in [3.8, 4) is 0 Å². The molecule has 1 rings (SSSR count). The molecule has 0 saturated carbocycles. The molecule has 100 valence electrons. The maximum atomic E-state index is 12.1. The van der Waals surface area contributed by atoms with Crippen LogP contribution in [0, 0.1) is 5.92 Å². The van der Waals surface area contributed by atoms with Crippen molar-refractivity contribution in [2.45, 2.75) is 25.2 Å². The van der Waals surface area contributed by atoms with E-state index in [1.165, 1.54) is 12.3 Å². The number of nitrogens with one attached hydrogen (secondary N) is 1. The Hall–Kier alpha value is -1.05. The quantitative estimate of drug-likeness (QED) is 0.764. The molecule has 1 atom stereocenters. The van der Waals surface area contributed by atoms with Crippen molar-refractivity contribution in [1.29, 1.82) is 0 Å². The van der Waals surface area contributed by atoms with Crippen LogP contribution in [0.15, 0.2) is 23.2 Å². The maximum Gasteiger partial charge on any atom is 0.242 e. The second-order valence-electron chi connectivity index (χ2n) is 4.08. The molecule has 7 heteroatoms. The lowest BCUT2D eigenvalue weighted by molar-refractivity contribution is 0.528. The zero-order valence-electron chi connectivity index (χ0n) is 10.4. The van der Waals surface area contributed by atoms with Crippen molar-refractivity contribution >= 4 is 27.2 Å². The minimum absolute atomic E-state index is 0.0282. The fraction of sp³-hybridized carbons (Fsp3) is 0.455. The number of pyridine rings is 1. The molecule has 5 nitrogen and oxygen atoms in total. The summed E-state index contributed by atoms with van der Waals surface area (Å²) in [5, 5.41) is 0. The van der Waals surface area contributed by atoms with E-state index in [4.69, 9.17) is 18.0 Å². The number of hydrogen-bond donors (Lipinski definition) is 2. The summed E-state index contributed by atoms with van der Waals surface area (Å²) in [6.07, 6.45) is 2.36. The summed E-state index contributed by atoms with van der Waals surface area (Å²) in [5.74, 6) is 0.268. The minimum atomic E-state index is -3.62. The average molecular weight is 287 g/mol. The van der Waals surface area contributed by atoms with E-state index in [-0.39, 0.29) is 21.5 Å². The summed E-state index contributed by atoms with van der Waals surface area (Å²) >= 11 is 4.80. The first-order chi connectivity index (χ1) is 8.38. The highest BCUT2D eigenvalue weighted by Gasteiger charge is 2.20. The van der Waals surface area contributed by atoms with Gasteiger partial charge in [-0.05, 0) is 18.1 Å². The largest absolute Gasteiger partial charge is 0.388 e. The number of thiocarbonyl (C=S) groups is 1. The molecular formula is C11H17N3O2S2. The average Bonchev–Trinajstić information content (AvgIpc) is 2.36. The highest BCUT2D eigenvalue weighted by Crippen LogP contribution is 2.13. The summed E-state index contributed by atoms with van der Waals surface area (Å²) < 4.78 is 26.8. The summed E-state index contributed by atoms with van der Waals surface area (Å²) in [6.45, 7) is 4.36. The summed E-state index contributed by atoms with van der Waals surface area (Å²) in [4.78, 5) is 3.91. The van der Waals surface area contributed by atoms with Crippen molar-refractivity contribution in [3.05, 3.63) is 24.0 Å². The van der Waals surface area contributed by atoms with Gasteiger partial charge < -0.3 is 5.73 Å². The van der Waals surface area contributed by atoms with Crippen LogP contribution in [0.2, 0.25) is 0 Å². The smallest absolute Gasteiger partial charge is 0.242 e. The van der Waals surface area contributed by atoms with Gasteiger partial charge in [0, 0.05) is 12.7 Å². The van der Waals surface area contributed by atoms with Crippen molar-refractivity contribution in [2.75, 3.05) is 6.54 Å². The molecule has 0 saturated heterocycles. The Balaban J connectivity index is 3.02. The second-order valence-corrected chi connectivity index (χ2v) is 6.25. The Bertz CT molecular complexity index is 529. The molecule has 1 aromatic rings. The number of nitrogens with zero attached hydrogens (tertiary/aromatic N) is 1. The van der Waals surface area contributed by atoms with Crippen molar-refractivity contribution in [3.63, 3.8) is 0 Å². The second kappa shape index (κ2) is 6.21. The minimum Gasteiger partial charge on any atom is -0.388 e. The molecule has 18 heavy (non-hydrogen) atoms. The van der Waals surface area contributed by atoms with E-state index in [2.05, 4.69) is 9.71 Å². The standard InChI is InChI=1S/C11H17N3O2S2/c1-3-8(2)7-14-18(15,16)9-5-4-6-13-10(9)11(12)17/h4-6,8,14H,3,7H2,1-2H3,(H2,12,17). The maximum absolute atomic E-state index is 12.1. The molecule has 1 heterocycles. The fourth-order valence-corrected chi connectivity index (χ4v) is 2.83. The van der Waals surface area contributed by atoms with Gasteiger partial charge in [0.05, 0.1) is 0 Å². The molecule has 1 unspecified atom stereocenters. The molecule has 1 aromatic heterocycles. The Morgan fingerprint density at radius 2 is 2.28 bits per heavy atom. The normalized spacial score (nSPS) is 13.2. The third-order valence-electron chi connectivity index (χ3n) is 2.61. The van der Waals surface area contributed by atoms with Gasteiger partial charge in [0.2, 0.25) is 10.0 Å². The summed E-state index contributed by atoms with van der Waals surface area (Å²) in [5.41, 5.74) is 5.60. The van der Waals surface area contributed by atoms with E-state index in [1.54, 1.807) is 6.07 Å². The highest BCUT2D eigenvalue weighted by atomic mass is 32.2. The first kappa shape index (κ1) is 15.0. The molecule has 0 aromatic carbocycles. The van der Waals surface area contributed by atoms with Gasteiger partial charge in [-0.3, -0.25) is 4.98 Å². The van der Waals surface area contributed by atoms with Crippen LogP contribution in [0.3, 0.4) is 0 Å². The molecule has 0 amide bonds. The van der Waals surface area contributed by atoms with E-state index < -0.39 is 10.0 Å². The van der Waals surface area contributed by atoms with Gasteiger partial charge in [0.25, 0.3) is 0 Å². The number of hydrogen-bond acceptors (Lipinski definition) is 4. The third kappa shape index (κ3) is 3.72. The van der Waals surface area contributed by atoms with Crippen LogP contribution in [-0.2, 0) is 10.0 Å². The van der Waals surface area contributed by atoms with E-state index >= 15 is 0 Å². The van der Waals surface area contributed by atoms with E-state index in [1.807, 2.05) is 13.8 Å². The summed E-state index contributed by atoms with van der Waals surface area (Å²) in [6, 6.07) is 2.99. The monoisotopic (exact) mass is 287 g/mol. The zero-order chi connectivity index (χ0) is 13.8. The molecule has 0 fully saturated rings. The Morgan fingerprint density at radius 1 is 1.61 bits per heavy atom. The highest BCUT2D eigenvalue weighted by molar-refractivity contribution is 7.89. The lowest BCUT2D eigenvalue weighted by Crippen LogP contribution is -2.30. The number of rotatable bonds is 6. The first-order valence-electron chi connectivity index (χ1n) is 5.63. The van der Waals surface area contributed by atoms with Gasteiger partial charge >= 0.3 is 0 Å². The van der Waals surface area contributed by atoms with Crippen LogP contribution in [0.5, 0.6) is 0 Å². The molecule has 0 bridgehead atoms. The Morgan fingerprint density at radius 3 is 2.83 bits per heavy atom. The predicted octanol–water partition coefficient (Wildman–Crippen LogP) is 1.04. The van der Waals surface area contributed by atoms with Crippen molar-refractivity contribution < 1.29 is 8.42 Å². The summed E-state index contributed by atoms with van der Waals surface area (Å²) in [7, 11) is -3.62. The van der Waals surface area contributed by atoms with Gasteiger partial charge in [-0.15, -0.1) is 0 Å². The number of aromatic nitrogens is 1. The van der Waals surface area contributed by atoms with E-state index in [0.29, 0.717) is 6.54 Å². The molecule has 3 N–H and O–H groups in total. The van der Waals surface area contributed by atoms with Gasteiger partial charge in [-0.2, -0.15) is 0 Å². The number of sulfonamides is 1. The Kier molecular flexibility index (Phi) is 5.18. The van der Waals surface area contributed by atoms with Crippen LogP contribution in [0.4, 0.5) is 0 Å². The van der Waals surface area contributed by atoms with Crippen LogP contribution in [-0.4, -0.2) is 24.9 Å².